The summed E-state index contributed by atoms with van der Waals surface area (Å²) in [4.78, 5) is 26.7. The second-order valence-corrected chi connectivity index (χ2v) is 5.44. The predicted octanol–water partition coefficient (Wildman–Crippen LogP) is 2.20. The van der Waals surface area contributed by atoms with Crippen molar-refractivity contribution in [3.8, 4) is 0 Å². The number of carbonyl (C=O) groups excluding carboxylic acids is 1. The molecule has 0 aliphatic heterocycles. The van der Waals surface area contributed by atoms with Gasteiger partial charge < -0.3 is 10.6 Å². The van der Waals surface area contributed by atoms with Gasteiger partial charge in [-0.25, -0.2) is 4.98 Å². The van der Waals surface area contributed by atoms with Gasteiger partial charge in [-0.1, -0.05) is 12.1 Å². The number of hydrogen-bond acceptors (Lipinski definition) is 6. The van der Waals surface area contributed by atoms with Crippen LogP contribution >= 0.6 is 11.3 Å². The number of benzene rings is 1. The van der Waals surface area contributed by atoms with Gasteiger partial charge in [-0.3, -0.25) is 14.9 Å². The number of nitrogens with zero attached hydrogens (tertiary/aromatic N) is 2. The van der Waals surface area contributed by atoms with Crippen LogP contribution in [0.1, 0.15) is 14.7 Å². The van der Waals surface area contributed by atoms with Crippen LogP contribution in [0.15, 0.2) is 30.5 Å². The molecule has 110 valence electrons. The summed E-state index contributed by atoms with van der Waals surface area (Å²) in [7, 11) is 0. The monoisotopic (exact) mass is 306 g/mol. The van der Waals surface area contributed by atoms with Crippen molar-refractivity contribution < 1.29 is 9.72 Å². The lowest BCUT2D eigenvalue weighted by molar-refractivity contribution is -0.384. The van der Waals surface area contributed by atoms with Crippen LogP contribution in [0.25, 0.3) is 0 Å². The highest BCUT2D eigenvalue weighted by Gasteiger charge is 2.12. The lowest BCUT2D eigenvalue weighted by Gasteiger charge is -2.07. The van der Waals surface area contributed by atoms with Crippen LogP contribution in [0, 0.1) is 17.0 Å². The fourth-order valence-corrected chi connectivity index (χ4v) is 2.40. The Bertz CT molecular complexity index is 656. The molecule has 8 heteroatoms. The maximum absolute atomic E-state index is 11.8. The fraction of sp³-hybridized carbons (Fsp3) is 0.231. The van der Waals surface area contributed by atoms with Crippen molar-refractivity contribution in [2.24, 2.45) is 0 Å². The van der Waals surface area contributed by atoms with Crippen molar-refractivity contribution in [2.45, 2.75) is 6.92 Å². The van der Waals surface area contributed by atoms with Crippen LogP contribution in [0.5, 0.6) is 0 Å². The Hall–Kier alpha value is -2.48. The molecule has 1 aromatic carbocycles. The van der Waals surface area contributed by atoms with Gasteiger partial charge in [-0.05, 0) is 13.0 Å². The topological polar surface area (TPSA) is 97.2 Å². The van der Waals surface area contributed by atoms with E-state index in [1.54, 1.807) is 18.2 Å². The molecule has 0 bridgehead atoms. The highest BCUT2D eigenvalue weighted by Crippen LogP contribution is 2.22. The average molecular weight is 306 g/mol. The highest BCUT2D eigenvalue weighted by molar-refractivity contribution is 7.13. The number of amides is 1. The molecule has 7 nitrogen and oxygen atoms in total. The summed E-state index contributed by atoms with van der Waals surface area (Å²) in [5.41, 5.74) is 0.451. The SMILES string of the molecule is Cc1ncc(C(=O)NCCNc2ccccc2[N+](=O)[O-])s1. The first kappa shape index (κ1) is 14.9. The van der Waals surface area contributed by atoms with Crippen molar-refractivity contribution in [2.75, 3.05) is 18.4 Å². The van der Waals surface area contributed by atoms with Gasteiger partial charge in [0.2, 0.25) is 0 Å². The van der Waals surface area contributed by atoms with Crippen LogP contribution in [0.3, 0.4) is 0 Å². The van der Waals surface area contributed by atoms with Crippen LogP contribution in [-0.4, -0.2) is 28.9 Å². The summed E-state index contributed by atoms with van der Waals surface area (Å²) in [6.45, 7) is 2.59. The van der Waals surface area contributed by atoms with Crippen molar-refractivity contribution >= 4 is 28.6 Å². The summed E-state index contributed by atoms with van der Waals surface area (Å²) >= 11 is 1.32. The van der Waals surface area contributed by atoms with Gasteiger partial charge in [-0.2, -0.15) is 0 Å². The normalized spacial score (nSPS) is 10.1. The fourth-order valence-electron chi connectivity index (χ4n) is 1.71. The third-order valence-electron chi connectivity index (χ3n) is 2.67. The Morgan fingerprint density at radius 1 is 1.38 bits per heavy atom. The van der Waals surface area contributed by atoms with Crippen LogP contribution in [-0.2, 0) is 0 Å². The summed E-state index contributed by atoms with van der Waals surface area (Å²) in [5, 5.41) is 17.3. The number of aromatic nitrogens is 1. The van der Waals surface area contributed by atoms with Gasteiger partial charge in [0, 0.05) is 19.2 Å². The number of nitro benzene ring substituents is 1. The zero-order chi connectivity index (χ0) is 15.2. The highest BCUT2D eigenvalue weighted by atomic mass is 32.1. The quantitative estimate of drug-likeness (QED) is 0.484. The third-order valence-corrected chi connectivity index (χ3v) is 3.58. The molecule has 1 aromatic heterocycles. The van der Waals surface area contributed by atoms with Gasteiger partial charge in [0.1, 0.15) is 10.6 Å². The van der Waals surface area contributed by atoms with Gasteiger partial charge in [0.05, 0.1) is 16.1 Å². The van der Waals surface area contributed by atoms with Crippen LogP contribution in [0.4, 0.5) is 11.4 Å². The standard InChI is InChI=1S/C13H14N4O3S/c1-9-16-8-12(21-9)13(18)15-7-6-14-10-4-2-3-5-11(10)17(19)20/h2-5,8,14H,6-7H2,1H3,(H,15,18). The van der Waals surface area contributed by atoms with E-state index in [4.69, 9.17) is 0 Å². The molecular weight excluding hydrogens is 292 g/mol. The molecule has 0 spiro atoms. The van der Waals surface area contributed by atoms with Crippen LogP contribution < -0.4 is 10.6 Å². The van der Waals surface area contributed by atoms with E-state index in [-0.39, 0.29) is 11.6 Å². The number of anilines is 1. The number of rotatable bonds is 6. The number of para-hydroxylation sites is 2. The molecule has 0 aliphatic rings. The predicted molar refractivity (Wildman–Crippen MR) is 80.8 cm³/mol. The summed E-state index contributed by atoms with van der Waals surface area (Å²) < 4.78 is 0. The molecule has 2 rings (SSSR count). The molecule has 0 saturated carbocycles. The van der Waals surface area contributed by atoms with Crippen LogP contribution in [0.2, 0.25) is 0 Å². The number of hydrogen-bond donors (Lipinski definition) is 2. The second-order valence-electron chi connectivity index (χ2n) is 4.20. The van der Waals surface area contributed by atoms with Crippen molar-refractivity contribution in [3.05, 3.63) is 50.5 Å². The molecule has 0 aliphatic carbocycles. The molecule has 1 amide bonds. The van der Waals surface area contributed by atoms with Gasteiger partial charge in [0.15, 0.2) is 0 Å². The summed E-state index contributed by atoms with van der Waals surface area (Å²) in [6, 6.07) is 6.39. The largest absolute Gasteiger partial charge is 0.378 e. The maximum atomic E-state index is 11.8. The van der Waals surface area contributed by atoms with Gasteiger partial charge in [0.25, 0.3) is 11.6 Å². The Morgan fingerprint density at radius 3 is 2.81 bits per heavy atom. The Kier molecular flexibility index (Phi) is 4.83. The number of carbonyl (C=O) groups is 1. The minimum Gasteiger partial charge on any atom is -0.378 e. The smallest absolute Gasteiger partial charge is 0.292 e. The Balaban J connectivity index is 1.83. The zero-order valence-electron chi connectivity index (χ0n) is 11.3. The van der Waals surface area contributed by atoms with E-state index >= 15 is 0 Å². The number of nitrogens with one attached hydrogen (secondary N) is 2. The van der Waals surface area contributed by atoms with E-state index in [9.17, 15) is 14.9 Å². The lowest BCUT2D eigenvalue weighted by Crippen LogP contribution is -2.28. The first-order chi connectivity index (χ1) is 10.1. The van der Waals surface area contributed by atoms with E-state index in [0.29, 0.717) is 23.7 Å². The lowest BCUT2D eigenvalue weighted by atomic mass is 10.2. The van der Waals surface area contributed by atoms with E-state index in [1.807, 2.05) is 6.92 Å². The first-order valence-electron chi connectivity index (χ1n) is 6.26. The minimum atomic E-state index is -0.443. The number of nitro groups is 1. The number of aryl methyl sites for hydroxylation is 1. The molecule has 0 radical (unpaired) electrons. The van der Waals surface area contributed by atoms with Gasteiger partial charge in [-0.15, -0.1) is 11.3 Å². The van der Waals surface area contributed by atoms with E-state index in [0.717, 1.165) is 5.01 Å². The van der Waals surface area contributed by atoms with Crippen molar-refractivity contribution in [1.82, 2.24) is 10.3 Å². The maximum Gasteiger partial charge on any atom is 0.292 e. The second kappa shape index (κ2) is 6.80. The third kappa shape index (κ3) is 3.99. The Labute approximate surface area is 125 Å². The average Bonchev–Trinajstić information content (AvgIpc) is 2.90. The molecule has 1 heterocycles. The molecule has 2 N–H and O–H groups in total. The Morgan fingerprint density at radius 2 is 2.14 bits per heavy atom. The zero-order valence-corrected chi connectivity index (χ0v) is 12.1. The molecule has 21 heavy (non-hydrogen) atoms. The summed E-state index contributed by atoms with van der Waals surface area (Å²) in [6.07, 6.45) is 1.53. The molecule has 0 fully saturated rings. The molecule has 0 atom stereocenters. The molecule has 0 unspecified atom stereocenters. The van der Waals surface area contributed by atoms with Crippen molar-refractivity contribution in [3.63, 3.8) is 0 Å². The van der Waals surface area contributed by atoms with Gasteiger partial charge >= 0.3 is 0 Å². The number of thiazole rings is 1. The molecule has 0 saturated heterocycles. The molecule has 2 aromatic rings. The van der Waals surface area contributed by atoms with Crippen molar-refractivity contribution in [1.29, 1.82) is 0 Å². The summed E-state index contributed by atoms with van der Waals surface area (Å²) in [5.74, 6) is -0.190. The first-order valence-corrected chi connectivity index (χ1v) is 7.07. The van der Waals surface area contributed by atoms with E-state index in [1.165, 1.54) is 23.6 Å². The minimum absolute atomic E-state index is 0.0157. The van der Waals surface area contributed by atoms with E-state index in [2.05, 4.69) is 15.6 Å². The molecular formula is C13H14N4O3S. The van der Waals surface area contributed by atoms with E-state index < -0.39 is 4.92 Å².